The third-order valence-electron chi connectivity index (χ3n) is 1.16. The van der Waals surface area contributed by atoms with E-state index in [2.05, 4.69) is 9.05 Å². The summed E-state index contributed by atoms with van der Waals surface area (Å²) in [5, 5.41) is 0. The largest absolute Gasteiger partial charge is 0.472 e. The van der Waals surface area contributed by atoms with Gasteiger partial charge >= 0.3 is 7.82 Å². The van der Waals surface area contributed by atoms with E-state index in [0.29, 0.717) is 0 Å². The van der Waals surface area contributed by atoms with Crippen molar-refractivity contribution < 1.29 is 73.7 Å². The maximum atomic E-state index is 13.0. The second kappa shape index (κ2) is 13.4. The Morgan fingerprint density at radius 3 is 2.09 bits per heavy atom. The molecule has 0 amide bonds. The molecule has 0 rings (SSSR count). The van der Waals surface area contributed by atoms with Crippen LogP contribution in [0.15, 0.2) is 0 Å². The highest BCUT2D eigenvalue weighted by atomic mass is 31.2. The van der Waals surface area contributed by atoms with Gasteiger partial charge in [0.2, 0.25) is 0 Å². The summed E-state index contributed by atoms with van der Waals surface area (Å²) >= 11 is 0. The van der Waals surface area contributed by atoms with Gasteiger partial charge in [0.25, 0.3) is 0 Å². The van der Waals surface area contributed by atoms with Crippen molar-refractivity contribution in [3.63, 3.8) is 0 Å². The predicted molar refractivity (Wildman–Crippen MR) is 96.5 cm³/mol. The Bertz CT molecular complexity index is 1590. The van der Waals surface area contributed by atoms with Gasteiger partial charge in [-0.15, -0.1) is 0 Å². The molecule has 0 saturated carbocycles. The van der Waals surface area contributed by atoms with Crippen molar-refractivity contribution >= 4 is 7.82 Å². The van der Waals surface area contributed by atoms with Crippen LogP contribution in [0, 0.1) is 0 Å². The van der Waals surface area contributed by atoms with Crippen LogP contribution in [0.5, 0.6) is 0 Å². The van der Waals surface area contributed by atoms with E-state index in [0.717, 1.165) is 0 Å². The van der Waals surface area contributed by atoms with Crippen LogP contribution in [-0.4, -0.2) is 49.9 Å². The Kier molecular flexibility index (Phi) is 1.87. The zero-order valence-electron chi connectivity index (χ0n) is 48.1. The normalized spacial score (nSPS) is 48.5. The maximum Gasteiger partial charge on any atom is 0.472 e. The van der Waals surface area contributed by atoms with E-state index >= 15 is 0 Å². The van der Waals surface area contributed by atoms with E-state index < -0.39 is 123 Å². The quantitative estimate of drug-likeness (QED) is 0.306. The van der Waals surface area contributed by atoms with Gasteiger partial charge in [-0.3, -0.25) is 9.05 Å². The minimum atomic E-state index is -7.08. The molecule has 1 unspecified atom stereocenters. The molecule has 140 valence electrons. The number of hydrogen-bond acceptors (Lipinski definition) is 3. The molecule has 0 aromatic carbocycles. The Labute approximate surface area is 195 Å². The number of rotatable bonds is 16. The molecule has 0 fully saturated rings. The van der Waals surface area contributed by atoms with Crippen LogP contribution in [0.1, 0.15) is 121 Å². The molecule has 0 radical (unpaired) electrons. The lowest BCUT2D eigenvalue weighted by Crippen LogP contribution is -2.37. The molecule has 0 spiro atoms. The lowest BCUT2D eigenvalue weighted by Gasteiger charge is -2.24. The summed E-state index contributed by atoms with van der Waals surface area (Å²) < 4.78 is 307. The molecule has 0 aliphatic rings. The van der Waals surface area contributed by atoms with Crippen LogP contribution >= 0.6 is 7.82 Å². The second-order valence-electron chi connectivity index (χ2n) is 2.94. The molecule has 6 heteroatoms. The van der Waals surface area contributed by atoms with E-state index in [1.165, 1.54) is 0 Å². The standard InChI is InChI=1S/C17H38NO4P/c1-5-6-7-8-9-10-11-12-13-14-16-21-23(19,20)22-17-15-18(2,3)4/h5-17H2,1-4H3/p+1/i1D3,2D2,3D3,4D3,5D2,6D2,7D2,8D2,9D2,10D2,11D2,12D2,13D2,14D2,15D2,16D2,17D2. The number of hydrogen-bond donors (Lipinski definition) is 1. The molecule has 0 aromatic heterocycles. The van der Waals surface area contributed by atoms with Crippen molar-refractivity contribution in [3.8, 4) is 0 Å². The first kappa shape index (κ1) is 3.22. The van der Waals surface area contributed by atoms with Crippen LogP contribution in [-0.2, 0) is 13.6 Å². The molecular weight excluding hydrogens is 313 g/mol. The van der Waals surface area contributed by atoms with Crippen molar-refractivity contribution in [2.75, 3.05) is 40.6 Å². The van der Waals surface area contributed by atoms with Gasteiger partial charge in [0, 0.05) is 31.5 Å². The molecule has 0 aliphatic heterocycles. The first-order valence-corrected chi connectivity index (χ1v) is 6.58. The number of phosphoric acid groups is 1. The van der Waals surface area contributed by atoms with Crippen LogP contribution in [0.4, 0.5) is 0 Å². The first-order chi connectivity index (χ1) is 25.1. The predicted octanol–water partition coefficient (Wildman–Crippen LogP) is 4.75. The lowest BCUT2D eigenvalue weighted by molar-refractivity contribution is -0.870. The minimum Gasteiger partial charge on any atom is -0.329 e. The summed E-state index contributed by atoms with van der Waals surface area (Å²) in [7, 11) is -7.08. The van der Waals surface area contributed by atoms with E-state index in [9.17, 15) is 9.46 Å². The molecule has 23 heavy (non-hydrogen) atoms. The zero-order chi connectivity index (χ0) is 50.0. The lowest BCUT2D eigenvalue weighted by atomic mass is 10.1. The van der Waals surface area contributed by atoms with Gasteiger partial charge < -0.3 is 9.38 Å². The summed E-state index contributed by atoms with van der Waals surface area (Å²) in [6.45, 7) is -31.4. The molecule has 0 aromatic rings. The van der Waals surface area contributed by atoms with Gasteiger partial charge in [-0.05, 0) is 6.37 Å². The molecule has 0 saturated heterocycles. The highest BCUT2D eigenvalue weighted by Crippen LogP contribution is 2.43. The number of nitrogens with zero attached hydrogens (tertiary/aromatic N) is 1. The fraction of sp³-hybridized carbons (Fsp3) is 1.00. The van der Waals surface area contributed by atoms with Crippen molar-refractivity contribution in [2.24, 2.45) is 0 Å². The Hall–Kier alpha value is 0.0700. The first-order valence-electron chi connectivity index (χ1n) is 23.7. The van der Waals surface area contributed by atoms with Gasteiger partial charge in [0.05, 0.1) is 46.7 Å². The SMILES string of the molecule is [2H]C([2H])[N+](C([2H])([2H])[2H])(C([2H])([2H])[2H])C([2H])([2H])C([2H])([2H])OP(=O)(O)OC([2H])([2H])C([2H])([2H])C([2H])([2H])C([2H])([2H])C([2H])([2H])C([2H])([2H])C([2H])([2H])C([2H])([2H])C([2H])([2H])C([2H])([2H])C([2H])([2H])C([2H])([2H])[2H]. The summed E-state index contributed by atoms with van der Waals surface area (Å²) in [6.07, 6.45) is -50.3. The third-order valence-corrected chi connectivity index (χ3v) is 1.80. The molecule has 0 aliphatic carbocycles. The van der Waals surface area contributed by atoms with Crippen molar-refractivity contribution in [2.45, 2.75) is 70.6 Å². The van der Waals surface area contributed by atoms with E-state index in [4.69, 9.17) is 50.7 Å². The minimum absolute atomic E-state index is 3.47. The topological polar surface area (TPSA) is 55.8 Å². The fourth-order valence-corrected chi connectivity index (χ4v) is 0.879. The second-order valence-corrected chi connectivity index (χ2v) is 4.24. The van der Waals surface area contributed by atoms with Crippen molar-refractivity contribution in [1.82, 2.24) is 0 Å². The highest BCUT2D eigenvalue weighted by Gasteiger charge is 2.21. The van der Waals surface area contributed by atoms with Gasteiger partial charge in [-0.2, -0.15) is 0 Å². The van der Waals surface area contributed by atoms with Gasteiger partial charge in [0.15, 0.2) is 0 Å². The Balaban J connectivity index is 7.54. The Morgan fingerprint density at radius 1 is 0.957 bits per heavy atom. The third kappa shape index (κ3) is 18.3. The Morgan fingerprint density at radius 2 is 1.52 bits per heavy atom. The summed E-state index contributed by atoms with van der Waals surface area (Å²) in [6, 6.07) is 0. The van der Waals surface area contributed by atoms with E-state index in [-0.39, 0.29) is 0 Å². The van der Waals surface area contributed by atoms with Gasteiger partial charge in [-0.1, -0.05) is 64.2 Å². The smallest absolute Gasteiger partial charge is 0.329 e. The van der Waals surface area contributed by atoms with Crippen LogP contribution in [0.2, 0.25) is 0 Å². The highest BCUT2D eigenvalue weighted by molar-refractivity contribution is 7.47. The number of phosphoric ester groups is 1. The van der Waals surface area contributed by atoms with Crippen LogP contribution in [0.3, 0.4) is 0 Å². The summed E-state index contributed by atoms with van der Waals surface area (Å²) in [5.74, 6) is 0. The monoisotopic (exact) mass is 389 g/mol. The molecule has 5 nitrogen and oxygen atoms in total. The molecule has 0 heterocycles. The maximum absolute atomic E-state index is 13.0. The van der Waals surface area contributed by atoms with E-state index in [1.54, 1.807) is 0 Å². The summed E-state index contributed by atoms with van der Waals surface area (Å²) in [4.78, 5) is 10.3. The molecule has 0 bridgehead atoms. The van der Waals surface area contributed by atoms with Gasteiger partial charge in [0.1, 0.15) is 13.1 Å². The molecule has 1 atom stereocenters. The average molecular weight is 390 g/mol. The van der Waals surface area contributed by atoms with E-state index in [1.807, 2.05) is 0 Å². The van der Waals surface area contributed by atoms with Crippen molar-refractivity contribution in [3.05, 3.63) is 0 Å². The number of likely N-dealkylation sites (N-methyl/N-ethyl adjacent to an activating group) is 1. The number of quaternary nitrogens is 1. The van der Waals surface area contributed by atoms with Crippen molar-refractivity contribution in [1.29, 1.82) is 0 Å². The van der Waals surface area contributed by atoms with Crippen LogP contribution in [0.25, 0.3) is 0 Å². The van der Waals surface area contributed by atoms with Gasteiger partial charge in [-0.25, -0.2) is 4.57 Å². The average Bonchev–Trinajstić information content (AvgIpc) is 2.92. The van der Waals surface area contributed by atoms with Crippen LogP contribution < -0.4 is 0 Å². The zero-order valence-corrected chi connectivity index (χ0v) is 12.0. The fourth-order valence-electron chi connectivity index (χ4n) is 0.525. The molecule has 1 N–H and O–H groups in total. The summed E-state index contributed by atoms with van der Waals surface area (Å²) in [5.41, 5.74) is 0. The molecular formula is C17H39NO4P+.